The van der Waals surface area contributed by atoms with Gasteiger partial charge in [0.2, 0.25) is 0 Å². The van der Waals surface area contributed by atoms with Crippen LogP contribution in [0.15, 0.2) is 18.3 Å². The number of anilines is 1. The predicted octanol–water partition coefficient (Wildman–Crippen LogP) is 2.64. The van der Waals surface area contributed by atoms with Crippen molar-refractivity contribution in [3.63, 3.8) is 0 Å². The SMILES string of the molecule is COc1cc(C)c(Cl)cc1-c1cnc(N)n1C. The first-order valence-corrected chi connectivity index (χ1v) is 5.54. The minimum atomic E-state index is 0.457. The van der Waals surface area contributed by atoms with Crippen LogP contribution in [0, 0.1) is 6.92 Å². The Labute approximate surface area is 105 Å². The number of methoxy groups -OCH3 is 1. The van der Waals surface area contributed by atoms with Gasteiger partial charge in [-0.3, -0.25) is 0 Å². The number of ether oxygens (including phenoxy) is 1. The molecule has 4 nitrogen and oxygen atoms in total. The van der Waals surface area contributed by atoms with Gasteiger partial charge in [-0.25, -0.2) is 4.98 Å². The van der Waals surface area contributed by atoms with E-state index in [-0.39, 0.29) is 0 Å². The normalized spacial score (nSPS) is 10.6. The molecule has 1 aromatic carbocycles. The maximum absolute atomic E-state index is 6.14. The highest BCUT2D eigenvalue weighted by atomic mass is 35.5. The number of benzene rings is 1. The Morgan fingerprint density at radius 2 is 2.12 bits per heavy atom. The smallest absolute Gasteiger partial charge is 0.200 e. The van der Waals surface area contributed by atoms with Gasteiger partial charge >= 0.3 is 0 Å². The summed E-state index contributed by atoms with van der Waals surface area (Å²) in [5, 5.41) is 0.695. The van der Waals surface area contributed by atoms with E-state index in [0.29, 0.717) is 11.0 Å². The van der Waals surface area contributed by atoms with Gasteiger partial charge in [0.1, 0.15) is 5.75 Å². The summed E-state index contributed by atoms with van der Waals surface area (Å²) in [5.41, 5.74) is 8.45. The summed E-state index contributed by atoms with van der Waals surface area (Å²) in [6, 6.07) is 3.77. The minimum Gasteiger partial charge on any atom is -0.496 e. The molecule has 0 saturated carbocycles. The maximum atomic E-state index is 6.14. The molecule has 0 spiro atoms. The number of hydrogen-bond acceptors (Lipinski definition) is 3. The van der Waals surface area contributed by atoms with Gasteiger partial charge in [0.05, 0.1) is 19.0 Å². The number of nitrogen functional groups attached to an aromatic ring is 1. The summed E-state index contributed by atoms with van der Waals surface area (Å²) < 4.78 is 7.15. The third-order valence-electron chi connectivity index (χ3n) is 2.78. The van der Waals surface area contributed by atoms with E-state index in [4.69, 9.17) is 22.1 Å². The Bertz CT molecular complexity index is 563. The average molecular weight is 252 g/mol. The van der Waals surface area contributed by atoms with Crippen molar-refractivity contribution >= 4 is 17.5 Å². The fraction of sp³-hybridized carbons (Fsp3) is 0.250. The molecule has 0 fully saturated rings. The molecule has 1 heterocycles. The molecule has 0 saturated heterocycles. The Balaban J connectivity index is 2.66. The summed E-state index contributed by atoms with van der Waals surface area (Å²) >= 11 is 6.14. The molecule has 2 N–H and O–H groups in total. The highest BCUT2D eigenvalue weighted by molar-refractivity contribution is 6.31. The van der Waals surface area contributed by atoms with E-state index in [1.54, 1.807) is 17.9 Å². The van der Waals surface area contributed by atoms with Crippen molar-refractivity contribution in [2.24, 2.45) is 7.05 Å². The molecule has 2 rings (SSSR count). The van der Waals surface area contributed by atoms with Crippen LogP contribution in [0.2, 0.25) is 5.02 Å². The van der Waals surface area contributed by atoms with Crippen molar-refractivity contribution in [3.05, 3.63) is 28.9 Å². The van der Waals surface area contributed by atoms with E-state index < -0.39 is 0 Å². The molecule has 1 aromatic heterocycles. The second kappa shape index (κ2) is 4.30. The molecular weight excluding hydrogens is 238 g/mol. The van der Waals surface area contributed by atoms with Crippen LogP contribution in [0.5, 0.6) is 5.75 Å². The molecule has 2 aromatic rings. The van der Waals surface area contributed by atoms with E-state index in [9.17, 15) is 0 Å². The van der Waals surface area contributed by atoms with Crippen LogP contribution in [0.4, 0.5) is 5.95 Å². The monoisotopic (exact) mass is 251 g/mol. The van der Waals surface area contributed by atoms with Gasteiger partial charge in [-0.05, 0) is 24.6 Å². The molecule has 0 amide bonds. The fourth-order valence-corrected chi connectivity index (χ4v) is 1.86. The fourth-order valence-electron chi connectivity index (χ4n) is 1.70. The lowest BCUT2D eigenvalue weighted by atomic mass is 10.1. The van der Waals surface area contributed by atoms with E-state index in [1.807, 2.05) is 26.1 Å². The number of imidazole rings is 1. The molecule has 0 aliphatic heterocycles. The van der Waals surface area contributed by atoms with Crippen molar-refractivity contribution < 1.29 is 4.74 Å². The summed E-state index contributed by atoms with van der Waals surface area (Å²) in [5.74, 6) is 1.22. The van der Waals surface area contributed by atoms with Gasteiger partial charge in [0, 0.05) is 17.6 Å². The highest BCUT2D eigenvalue weighted by Gasteiger charge is 2.13. The Kier molecular flexibility index (Phi) is 2.98. The number of hydrogen-bond donors (Lipinski definition) is 1. The van der Waals surface area contributed by atoms with Crippen molar-refractivity contribution in [2.45, 2.75) is 6.92 Å². The van der Waals surface area contributed by atoms with Crippen LogP contribution in [-0.2, 0) is 7.05 Å². The van der Waals surface area contributed by atoms with E-state index in [1.165, 1.54) is 0 Å². The van der Waals surface area contributed by atoms with Gasteiger partial charge in [0.25, 0.3) is 0 Å². The quantitative estimate of drug-likeness (QED) is 0.893. The Morgan fingerprint density at radius 3 is 2.65 bits per heavy atom. The molecule has 17 heavy (non-hydrogen) atoms. The van der Waals surface area contributed by atoms with E-state index in [0.717, 1.165) is 22.6 Å². The molecule has 0 aliphatic carbocycles. The van der Waals surface area contributed by atoms with Gasteiger partial charge in [0.15, 0.2) is 5.95 Å². The lowest BCUT2D eigenvalue weighted by Crippen LogP contribution is -1.99. The first-order valence-electron chi connectivity index (χ1n) is 5.16. The zero-order chi connectivity index (χ0) is 12.6. The summed E-state index contributed by atoms with van der Waals surface area (Å²) in [7, 11) is 3.48. The van der Waals surface area contributed by atoms with Crippen LogP contribution in [0.1, 0.15) is 5.56 Å². The number of aryl methyl sites for hydroxylation is 1. The number of nitrogens with two attached hydrogens (primary N) is 1. The highest BCUT2D eigenvalue weighted by Crippen LogP contribution is 2.34. The van der Waals surface area contributed by atoms with Gasteiger partial charge in [-0.15, -0.1) is 0 Å². The lowest BCUT2D eigenvalue weighted by Gasteiger charge is -2.11. The average Bonchev–Trinajstić information content (AvgIpc) is 2.63. The third kappa shape index (κ3) is 1.96. The number of halogens is 1. The van der Waals surface area contributed by atoms with Crippen LogP contribution in [0.25, 0.3) is 11.3 Å². The number of rotatable bonds is 2. The lowest BCUT2D eigenvalue weighted by molar-refractivity contribution is 0.416. The molecular formula is C12H14ClN3O. The van der Waals surface area contributed by atoms with Crippen LogP contribution < -0.4 is 10.5 Å². The molecule has 0 aliphatic rings. The third-order valence-corrected chi connectivity index (χ3v) is 3.19. The number of aromatic nitrogens is 2. The molecule has 5 heteroatoms. The Hall–Kier alpha value is -1.68. The van der Waals surface area contributed by atoms with Crippen LogP contribution in [-0.4, -0.2) is 16.7 Å². The van der Waals surface area contributed by atoms with Crippen LogP contribution in [0.3, 0.4) is 0 Å². The summed E-state index contributed by atoms with van der Waals surface area (Å²) in [4.78, 5) is 4.06. The molecule has 0 radical (unpaired) electrons. The van der Waals surface area contributed by atoms with Gasteiger partial charge < -0.3 is 15.0 Å². The zero-order valence-electron chi connectivity index (χ0n) is 9.99. The van der Waals surface area contributed by atoms with Gasteiger partial charge in [-0.2, -0.15) is 0 Å². The second-order valence-corrected chi connectivity index (χ2v) is 4.27. The van der Waals surface area contributed by atoms with Crippen molar-refractivity contribution in [1.82, 2.24) is 9.55 Å². The molecule has 0 unspecified atom stereocenters. The minimum absolute atomic E-state index is 0.457. The molecule has 0 bridgehead atoms. The maximum Gasteiger partial charge on any atom is 0.200 e. The zero-order valence-corrected chi connectivity index (χ0v) is 10.7. The van der Waals surface area contributed by atoms with Crippen molar-refractivity contribution in [1.29, 1.82) is 0 Å². The standard InChI is InChI=1S/C12H14ClN3O/c1-7-4-11(17-3)8(5-9(7)13)10-6-15-12(14)16(10)2/h4-6H,1-3H3,(H2,14,15). The van der Waals surface area contributed by atoms with E-state index >= 15 is 0 Å². The van der Waals surface area contributed by atoms with Gasteiger partial charge in [-0.1, -0.05) is 11.6 Å². The molecule has 0 atom stereocenters. The predicted molar refractivity (Wildman–Crippen MR) is 69.4 cm³/mol. The van der Waals surface area contributed by atoms with Crippen LogP contribution >= 0.6 is 11.6 Å². The largest absolute Gasteiger partial charge is 0.496 e. The first-order chi connectivity index (χ1) is 8.04. The first kappa shape index (κ1) is 11.8. The summed E-state index contributed by atoms with van der Waals surface area (Å²) in [6.07, 6.45) is 1.71. The van der Waals surface area contributed by atoms with Crippen molar-refractivity contribution in [2.75, 3.05) is 12.8 Å². The second-order valence-electron chi connectivity index (χ2n) is 3.86. The van der Waals surface area contributed by atoms with Crippen molar-refractivity contribution in [3.8, 4) is 17.0 Å². The summed E-state index contributed by atoms with van der Waals surface area (Å²) in [6.45, 7) is 1.94. The Morgan fingerprint density at radius 1 is 1.41 bits per heavy atom. The van der Waals surface area contributed by atoms with E-state index in [2.05, 4.69) is 4.98 Å². The molecule has 90 valence electrons. The topological polar surface area (TPSA) is 53.1 Å². The number of nitrogens with zero attached hydrogens (tertiary/aromatic N) is 2.